The highest BCUT2D eigenvalue weighted by molar-refractivity contribution is 6.06. The first kappa shape index (κ1) is 20.3. The van der Waals surface area contributed by atoms with E-state index in [4.69, 9.17) is 9.47 Å². The number of amides is 1. The van der Waals surface area contributed by atoms with Crippen molar-refractivity contribution in [1.29, 1.82) is 0 Å². The van der Waals surface area contributed by atoms with Crippen LogP contribution in [0.5, 0.6) is 5.75 Å². The predicted octanol–water partition coefficient (Wildman–Crippen LogP) is 4.35. The van der Waals surface area contributed by atoms with E-state index in [1.807, 2.05) is 0 Å². The monoisotopic (exact) mass is 398 g/mol. The van der Waals surface area contributed by atoms with Gasteiger partial charge in [-0.3, -0.25) is 14.9 Å². The molecule has 29 heavy (non-hydrogen) atoms. The molecular weight excluding hydrogens is 376 g/mol. The molecule has 0 atom stereocenters. The number of non-ortho nitro benzene ring substituents is 1. The number of hydrogen-bond donors (Lipinski definition) is 1. The summed E-state index contributed by atoms with van der Waals surface area (Å²) in [5, 5.41) is 13.8. The van der Waals surface area contributed by atoms with E-state index < -0.39 is 16.8 Å². The molecule has 0 unspecified atom stereocenters. The first-order chi connectivity index (χ1) is 14.0. The molecule has 1 fully saturated rings. The number of carbonyl (C=O) groups is 2. The fraction of sp³-hybridized carbons (Fsp3) is 0.333. The van der Waals surface area contributed by atoms with Crippen LogP contribution < -0.4 is 10.1 Å². The number of carbonyl (C=O) groups excluding carboxylic acids is 2. The quantitative estimate of drug-likeness (QED) is 0.422. The highest BCUT2D eigenvalue weighted by Crippen LogP contribution is 2.25. The van der Waals surface area contributed by atoms with E-state index in [-0.39, 0.29) is 29.5 Å². The van der Waals surface area contributed by atoms with Gasteiger partial charge in [-0.05, 0) is 62.9 Å². The second-order valence-corrected chi connectivity index (χ2v) is 6.75. The third-order valence-electron chi connectivity index (χ3n) is 4.62. The predicted molar refractivity (Wildman–Crippen MR) is 106 cm³/mol. The van der Waals surface area contributed by atoms with Crippen LogP contribution in [0.4, 0.5) is 11.4 Å². The van der Waals surface area contributed by atoms with Crippen molar-refractivity contribution in [3.05, 3.63) is 63.7 Å². The van der Waals surface area contributed by atoms with Crippen molar-refractivity contribution in [3.8, 4) is 5.75 Å². The molecule has 0 heterocycles. The number of nitrogens with one attached hydrogen (secondary N) is 1. The molecular formula is C21H22N2O6. The van der Waals surface area contributed by atoms with Gasteiger partial charge in [0.25, 0.3) is 11.6 Å². The molecule has 2 aromatic carbocycles. The van der Waals surface area contributed by atoms with Crippen molar-refractivity contribution in [2.75, 3.05) is 11.9 Å². The van der Waals surface area contributed by atoms with E-state index in [1.54, 1.807) is 31.2 Å². The fourth-order valence-electron chi connectivity index (χ4n) is 3.20. The van der Waals surface area contributed by atoms with Gasteiger partial charge in [0.05, 0.1) is 23.2 Å². The topological polar surface area (TPSA) is 108 Å². The Bertz CT molecular complexity index is 904. The van der Waals surface area contributed by atoms with Crippen LogP contribution in [0, 0.1) is 10.1 Å². The molecule has 0 radical (unpaired) electrons. The Balaban J connectivity index is 1.73. The fourth-order valence-corrected chi connectivity index (χ4v) is 3.20. The lowest BCUT2D eigenvalue weighted by molar-refractivity contribution is -0.384. The van der Waals surface area contributed by atoms with Crippen molar-refractivity contribution in [2.24, 2.45) is 0 Å². The van der Waals surface area contributed by atoms with Crippen molar-refractivity contribution in [1.82, 2.24) is 0 Å². The number of ether oxygens (including phenoxy) is 2. The summed E-state index contributed by atoms with van der Waals surface area (Å²) in [6.45, 7) is 1.75. The second kappa shape index (κ2) is 9.18. The van der Waals surface area contributed by atoms with Gasteiger partial charge in [0, 0.05) is 23.4 Å². The average molecular weight is 398 g/mol. The molecule has 1 N–H and O–H groups in total. The van der Waals surface area contributed by atoms with E-state index in [9.17, 15) is 19.7 Å². The van der Waals surface area contributed by atoms with E-state index in [0.717, 1.165) is 30.7 Å². The van der Waals surface area contributed by atoms with Crippen LogP contribution in [0.15, 0.2) is 42.5 Å². The van der Waals surface area contributed by atoms with Crippen molar-refractivity contribution in [2.45, 2.75) is 38.7 Å². The number of nitro groups is 1. The van der Waals surface area contributed by atoms with Gasteiger partial charge in [-0.15, -0.1) is 0 Å². The van der Waals surface area contributed by atoms with Crippen LogP contribution >= 0.6 is 0 Å². The Morgan fingerprint density at radius 3 is 2.38 bits per heavy atom. The number of esters is 1. The molecule has 8 heteroatoms. The molecule has 0 bridgehead atoms. The maximum absolute atomic E-state index is 12.6. The largest absolute Gasteiger partial charge is 0.490 e. The molecule has 2 aromatic rings. The number of benzene rings is 2. The number of nitrogens with zero attached hydrogens (tertiary/aromatic N) is 1. The third kappa shape index (κ3) is 5.31. The Kier molecular flexibility index (Phi) is 6.43. The van der Waals surface area contributed by atoms with E-state index in [0.29, 0.717) is 5.69 Å². The zero-order valence-corrected chi connectivity index (χ0v) is 16.1. The molecule has 1 saturated carbocycles. The van der Waals surface area contributed by atoms with Gasteiger partial charge < -0.3 is 14.8 Å². The van der Waals surface area contributed by atoms with Crippen LogP contribution in [0.1, 0.15) is 53.3 Å². The molecule has 0 spiro atoms. The van der Waals surface area contributed by atoms with Crippen LogP contribution in [0.25, 0.3) is 0 Å². The van der Waals surface area contributed by atoms with Gasteiger partial charge in [0.15, 0.2) is 0 Å². The normalized spacial score (nSPS) is 13.7. The summed E-state index contributed by atoms with van der Waals surface area (Å²) in [6, 6.07) is 10.4. The zero-order valence-electron chi connectivity index (χ0n) is 16.1. The lowest BCUT2D eigenvalue weighted by Crippen LogP contribution is -2.14. The first-order valence-corrected chi connectivity index (χ1v) is 9.51. The summed E-state index contributed by atoms with van der Waals surface area (Å²) >= 11 is 0. The standard InChI is InChI=1S/C21H22N2O6/c1-2-28-21(25)15-11-14(12-17(13-15)23(26)27)20(24)22-16-7-9-19(10-8-16)29-18-5-3-4-6-18/h7-13,18H,2-6H2,1H3,(H,22,24). The average Bonchev–Trinajstić information content (AvgIpc) is 3.22. The first-order valence-electron chi connectivity index (χ1n) is 9.51. The van der Waals surface area contributed by atoms with E-state index >= 15 is 0 Å². The summed E-state index contributed by atoms with van der Waals surface area (Å²) in [6.07, 6.45) is 4.69. The maximum atomic E-state index is 12.6. The Morgan fingerprint density at radius 1 is 1.10 bits per heavy atom. The van der Waals surface area contributed by atoms with Crippen LogP contribution in [-0.4, -0.2) is 29.5 Å². The zero-order chi connectivity index (χ0) is 20.8. The van der Waals surface area contributed by atoms with E-state index in [1.165, 1.54) is 18.9 Å². The molecule has 0 saturated heterocycles. The van der Waals surface area contributed by atoms with Crippen LogP contribution in [0.2, 0.25) is 0 Å². The molecule has 1 amide bonds. The van der Waals surface area contributed by atoms with Crippen molar-refractivity contribution < 1.29 is 24.0 Å². The van der Waals surface area contributed by atoms with Crippen molar-refractivity contribution >= 4 is 23.3 Å². The molecule has 1 aliphatic rings. The lowest BCUT2D eigenvalue weighted by Gasteiger charge is -2.13. The number of rotatable bonds is 7. The molecule has 1 aliphatic carbocycles. The Morgan fingerprint density at radius 2 is 1.76 bits per heavy atom. The number of anilines is 1. The summed E-state index contributed by atoms with van der Waals surface area (Å²) in [5.41, 5.74) is 0.0963. The molecule has 0 aliphatic heterocycles. The maximum Gasteiger partial charge on any atom is 0.338 e. The van der Waals surface area contributed by atoms with Gasteiger partial charge in [-0.25, -0.2) is 4.79 Å². The van der Waals surface area contributed by atoms with E-state index in [2.05, 4.69) is 5.32 Å². The van der Waals surface area contributed by atoms with Crippen LogP contribution in [-0.2, 0) is 4.74 Å². The van der Waals surface area contributed by atoms with Gasteiger partial charge >= 0.3 is 5.97 Å². The highest BCUT2D eigenvalue weighted by atomic mass is 16.6. The van der Waals surface area contributed by atoms with Gasteiger partial charge in [0.1, 0.15) is 5.75 Å². The minimum Gasteiger partial charge on any atom is -0.490 e. The molecule has 8 nitrogen and oxygen atoms in total. The number of hydrogen-bond acceptors (Lipinski definition) is 6. The Hall–Kier alpha value is -3.42. The lowest BCUT2D eigenvalue weighted by atomic mass is 10.1. The molecule has 3 rings (SSSR count). The van der Waals surface area contributed by atoms with Gasteiger partial charge in [-0.1, -0.05) is 0 Å². The summed E-state index contributed by atoms with van der Waals surface area (Å²) < 4.78 is 10.8. The summed E-state index contributed by atoms with van der Waals surface area (Å²) in [7, 11) is 0. The summed E-state index contributed by atoms with van der Waals surface area (Å²) in [5.74, 6) is -0.558. The Labute approximate surface area is 168 Å². The third-order valence-corrected chi connectivity index (χ3v) is 4.62. The second-order valence-electron chi connectivity index (χ2n) is 6.75. The highest BCUT2D eigenvalue weighted by Gasteiger charge is 2.19. The molecule has 0 aromatic heterocycles. The minimum atomic E-state index is -0.723. The smallest absolute Gasteiger partial charge is 0.338 e. The number of nitro benzene ring substituents is 1. The SMILES string of the molecule is CCOC(=O)c1cc(C(=O)Nc2ccc(OC3CCCC3)cc2)cc([N+](=O)[O-])c1. The van der Waals surface area contributed by atoms with Gasteiger partial charge in [0.2, 0.25) is 0 Å². The minimum absolute atomic E-state index is 0.00599. The van der Waals surface area contributed by atoms with Gasteiger partial charge in [-0.2, -0.15) is 0 Å². The van der Waals surface area contributed by atoms with Crippen LogP contribution in [0.3, 0.4) is 0 Å². The molecule has 152 valence electrons. The summed E-state index contributed by atoms with van der Waals surface area (Å²) in [4.78, 5) is 35.0. The van der Waals surface area contributed by atoms with Crippen molar-refractivity contribution in [3.63, 3.8) is 0 Å².